The zero-order valence-electron chi connectivity index (χ0n) is 15.9. The monoisotopic (exact) mass is 337 g/mol. The Labute approximate surface area is 149 Å². The van der Waals surface area contributed by atoms with Crippen molar-refractivity contribution in [3.05, 3.63) is 0 Å². The number of nitrogens with one attached hydrogen (secondary N) is 2. The Morgan fingerprint density at radius 1 is 0.708 bits per heavy atom. The van der Waals surface area contributed by atoms with Crippen molar-refractivity contribution in [1.29, 1.82) is 0 Å². The van der Waals surface area contributed by atoms with Crippen molar-refractivity contribution in [2.75, 3.05) is 59.4 Å². The molecule has 2 N–H and O–H groups in total. The maximum absolute atomic E-state index is 4.33. The first-order valence-corrected chi connectivity index (χ1v) is 10.3. The summed E-state index contributed by atoms with van der Waals surface area (Å²) in [7, 11) is 1.87. The molecule has 0 aliphatic carbocycles. The molecular formula is C19H39N5. The van der Waals surface area contributed by atoms with E-state index in [2.05, 4.69) is 25.4 Å². The summed E-state index contributed by atoms with van der Waals surface area (Å²) in [6.07, 6.45) is 12.1. The highest BCUT2D eigenvalue weighted by molar-refractivity contribution is 5.79. The highest BCUT2D eigenvalue weighted by Crippen LogP contribution is 2.09. The van der Waals surface area contributed by atoms with Gasteiger partial charge in [-0.1, -0.05) is 12.8 Å². The van der Waals surface area contributed by atoms with E-state index in [4.69, 9.17) is 0 Å². The lowest BCUT2D eigenvalue weighted by atomic mass is 10.2. The average molecular weight is 338 g/mol. The van der Waals surface area contributed by atoms with Crippen LogP contribution in [0.4, 0.5) is 0 Å². The van der Waals surface area contributed by atoms with E-state index in [1.807, 2.05) is 7.05 Å². The molecule has 0 radical (unpaired) electrons. The number of guanidine groups is 1. The minimum Gasteiger partial charge on any atom is -0.356 e. The van der Waals surface area contributed by atoms with Crippen LogP contribution in [0.2, 0.25) is 0 Å². The van der Waals surface area contributed by atoms with Gasteiger partial charge >= 0.3 is 0 Å². The molecule has 0 aromatic carbocycles. The topological polar surface area (TPSA) is 42.9 Å². The second-order valence-electron chi connectivity index (χ2n) is 7.29. The zero-order valence-corrected chi connectivity index (χ0v) is 15.9. The van der Waals surface area contributed by atoms with Gasteiger partial charge in [0.05, 0.1) is 0 Å². The molecule has 24 heavy (non-hydrogen) atoms. The molecule has 0 unspecified atom stereocenters. The minimum atomic E-state index is 0.965. The van der Waals surface area contributed by atoms with Gasteiger partial charge in [0, 0.05) is 20.1 Å². The normalized spacial score (nSPS) is 21.0. The van der Waals surface area contributed by atoms with E-state index in [9.17, 15) is 0 Å². The van der Waals surface area contributed by atoms with E-state index in [-0.39, 0.29) is 0 Å². The summed E-state index contributed by atoms with van der Waals surface area (Å²) in [6.45, 7) is 9.75. The van der Waals surface area contributed by atoms with E-state index in [0.717, 1.165) is 19.0 Å². The van der Waals surface area contributed by atoms with Crippen molar-refractivity contribution >= 4 is 5.96 Å². The van der Waals surface area contributed by atoms with Gasteiger partial charge < -0.3 is 20.4 Å². The second kappa shape index (κ2) is 12.5. The molecule has 0 aromatic rings. The van der Waals surface area contributed by atoms with Gasteiger partial charge in [-0.05, 0) is 84.2 Å². The molecule has 0 aromatic heterocycles. The Kier molecular flexibility index (Phi) is 10.2. The molecule has 2 aliphatic heterocycles. The summed E-state index contributed by atoms with van der Waals surface area (Å²) in [5.41, 5.74) is 0. The van der Waals surface area contributed by atoms with Gasteiger partial charge in [0.2, 0.25) is 0 Å². The third-order valence-electron chi connectivity index (χ3n) is 5.26. The fraction of sp³-hybridized carbons (Fsp3) is 0.947. The first kappa shape index (κ1) is 19.5. The van der Waals surface area contributed by atoms with Crippen LogP contribution < -0.4 is 10.6 Å². The predicted molar refractivity (Wildman–Crippen MR) is 104 cm³/mol. The molecule has 2 aliphatic rings. The number of hydrogen-bond acceptors (Lipinski definition) is 3. The highest BCUT2D eigenvalue weighted by Gasteiger charge is 2.10. The van der Waals surface area contributed by atoms with Gasteiger partial charge in [-0.15, -0.1) is 0 Å². The van der Waals surface area contributed by atoms with E-state index in [0.29, 0.717) is 0 Å². The number of rotatable bonds is 9. The molecule has 5 nitrogen and oxygen atoms in total. The first-order valence-electron chi connectivity index (χ1n) is 10.3. The predicted octanol–water partition coefficient (Wildman–Crippen LogP) is 2.29. The van der Waals surface area contributed by atoms with E-state index in [1.165, 1.54) is 97.1 Å². The van der Waals surface area contributed by atoms with Crippen LogP contribution in [0.15, 0.2) is 4.99 Å². The molecule has 140 valence electrons. The van der Waals surface area contributed by atoms with Crippen LogP contribution in [0.3, 0.4) is 0 Å². The van der Waals surface area contributed by atoms with Crippen LogP contribution in [0.5, 0.6) is 0 Å². The fourth-order valence-corrected chi connectivity index (χ4v) is 3.76. The molecule has 2 fully saturated rings. The first-order chi connectivity index (χ1) is 11.9. The number of hydrogen-bond donors (Lipinski definition) is 2. The maximum Gasteiger partial charge on any atom is 0.190 e. The van der Waals surface area contributed by atoms with Crippen LogP contribution in [-0.4, -0.2) is 75.2 Å². The maximum atomic E-state index is 4.33. The quantitative estimate of drug-likeness (QED) is 0.385. The molecule has 0 saturated carbocycles. The van der Waals surface area contributed by atoms with E-state index < -0.39 is 0 Å². The Hall–Kier alpha value is -0.810. The van der Waals surface area contributed by atoms with Crippen molar-refractivity contribution in [3.8, 4) is 0 Å². The standard InChI is InChI=1S/C19H39N5/c1-20-19(21-11-4-7-15-23-16-8-9-17-23)22-12-10-18-24-13-5-2-3-6-14-24/h2-18H2,1H3,(H2,20,21,22). The minimum absolute atomic E-state index is 0.965. The SMILES string of the molecule is CN=C(NCCCCN1CCCC1)NCCCN1CCCCCC1. The Bertz CT molecular complexity index is 331. The smallest absolute Gasteiger partial charge is 0.190 e. The molecule has 0 spiro atoms. The lowest BCUT2D eigenvalue weighted by Crippen LogP contribution is -2.39. The summed E-state index contributed by atoms with van der Waals surface area (Å²) in [5.74, 6) is 0.965. The molecule has 5 heteroatoms. The van der Waals surface area contributed by atoms with Crippen LogP contribution in [0, 0.1) is 0 Å². The van der Waals surface area contributed by atoms with Gasteiger partial charge in [-0.2, -0.15) is 0 Å². The molecule has 2 heterocycles. The largest absolute Gasteiger partial charge is 0.356 e. The summed E-state index contributed by atoms with van der Waals surface area (Å²) < 4.78 is 0. The summed E-state index contributed by atoms with van der Waals surface area (Å²) in [4.78, 5) is 9.55. The lowest BCUT2D eigenvalue weighted by Gasteiger charge is -2.20. The molecule has 2 rings (SSSR count). The van der Waals surface area contributed by atoms with Crippen LogP contribution in [-0.2, 0) is 0 Å². The number of unbranched alkanes of at least 4 members (excludes halogenated alkanes) is 1. The lowest BCUT2D eigenvalue weighted by molar-refractivity contribution is 0.282. The highest BCUT2D eigenvalue weighted by atomic mass is 15.2. The van der Waals surface area contributed by atoms with Crippen molar-refractivity contribution in [2.24, 2.45) is 4.99 Å². The van der Waals surface area contributed by atoms with E-state index in [1.54, 1.807) is 0 Å². The molecule has 0 atom stereocenters. The van der Waals surface area contributed by atoms with Gasteiger partial charge in [0.1, 0.15) is 0 Å². The van der Waals surface area contributed by atoms with Crippen LogP contribution in [0.1, 0.15) is 57.8 Å². The van der Waals surface area contributed by atoms with Gasteiger partial charge in [-0.3, -0.25) is 4.99 Å². The van der Waals surface area contributed by atoms with E-state index >= 15 is 0 Å². The zero-order chi connectivity index (χ0) is 16.9. The summed E-state index contributed by atoms with van der Waals surface area (Å²) in [5, 5.41) is 6.91. The number of likely N-dealkylation sites (tertiary alicyclic amines) is 2. The summed E-state index contributed by atoms with van der Waals surface area (Å²) >= 11 is 0. The molecule has 0 bridgehead atoms. The third kappa shape index (κ3) is 8.34. The van der Waals surface area contributed by atoms with Gasteiger partial charge in [0.25, 0.3) is 0 Å². The Balaban J connectivity index is 1.44. The Morgan fingerprint density at radius 3 is 1.79 bits per heavy atom. The van der Waals surface area contributed by atoms with Crippen molar-refractivity contribution in [3.63, 3.8) is 0 Å². The summed E-state index contributed by atoms with van der Waals surface area (Å²) in [6, 6.07) is 0. The van der Waals surface area contributed by atoms with Gasteiger partial charge in [-0.25, -0.2) is 0 Å². The van der Waals surface area contributed by atoms with Crippen molar-refractivity contribution in [1.82, 2.24) is 20.4 Å². The number of nitrogens with zero attached hydrogens (tertiary/aromatic N) is 3. The number of aliphatic imine (C=N–C) groups is 1. The molecule has 2 saturated heterocycles. The van der Waals surface area contributed by atoms with Crippen LogP contribution >= 0.6 is 0 Å². The second-order valence-corrected chi connectivity index (χ2v) is 7.29. The third-order valence-corrected chi connectivity index (χ3v) is 5.26. The Morgan fingerprint density at radius 2 is 1.21 bits per heavy atom. The molecular weight excluding hydrogens is 298 g/mol. The molecule has 0 amide bonds. The average Bonchev–Trinajstić information content (AvgIpc) is 2.98. The van der Waals surface area contributed by atoms with Gasteiger partial charge in [0.15, 0.2) is 5.96 Å². The fourth-order valence-electron chi connectivity index (χ4n) is 3.76. The van der Waals surface area contributed by atoms with Crippen molar-refractivity contribution < 1.29 is 0 Å². The van der Waals surface area contributed by atoms with Crippen LogP contribution in [0.25, 0.3) is 0 Å². The van der Waals surface area contributed by atoms with Crippen molar-refractivity contribution in [2.45, 2.75) is 57.8 Å².